The van der Waals surface area contributed by atoms with Gasteiger partial charge in [-0.25, -0.2) is 0 Å². The lowest BCUT2D eigenvalue weighted by atomic mass is 9.86. The highest BCUT2D eigenvalue weighted by molar-refractivity contribution is 5.85. The first-order chi connectivity index (χ1) is 7.63. The average Bonchev–Trinajstić information content (AvgIpc) is 2.27. The monoisotopic (exact) mass is 224 g/mol. The molecule has 0 N–H and O–H groups in total. The second kappa shape index (κ2) is 6.46. The molecule has 0 aromatic rings. The highest BCUT2D eigenvalue weighted by atomic mass is 16.5. The van der Waals surface area contributed by atoms with Crippen molar-refractivity contribution in [1.82, 2.24) is 0 Å². The van der Waals surface area contributed by atoms with Gasteiger partial charge in [-0.05, 0) is 33.1 Å². The summed E-state index contributed by atoms with van der Waals surface area (Å²) in [5, 5.41) is 0. The zero-order chi connectivity index (χ0) is 12.0. The molecule has 16 heavy (non-hydrogen) atoms. The van der Waals surface area contributed by atoms with Gasteiger partial charge in [0.25, 0.3) is 0 Å². The highest BCUT2D eigenvalue weighted by Crippen LogP contribution is 2.25. The van der Waals surface area contributed by atoms with Gasteiger partial charge in [0.15, 0.2) is 0 Å². The largest absolute Gasteiger partial charge is 0.466 e. The van der Waals surface area contributed by atoms with Crippen molar-refractivity contribution in [3.8, 4) is 0 Å². The number of hydrogen-bond acceptors (Lipinski definition) is 3. The minimum Gasteiger partial charge on any atom is -0.466 e. The lowest BCUT2D eigenvalue weighted by molar-refractivity contribution is -0.144. The minimum absolute atomic E-state index is 0.123. The maximum atomic E-state index is 11.8. The number of Topliss-reactive ketones (excluding diaryl/α,β-unsaturated/α-hetero) is 1. The average molecular weight is 224 g/mol. The number of ether oxygens (including phenoxy) is 1. The Morgan fingerprint density at radius 2 is 2.19 bits per heavy atom. The van der Waals surface area contributed by atoms with Gasteiger partial charge in [-0.2, -0.15) is 0 Å². The molecule has 3 nitrogen and oxygen atoms in total. The number of allylic oxidation sites excluding steroid dienone is 2. The minimum atomic E-state index is -0.265. The lowest BCUT2D eigenvalue weighted by Gasteiger charge is -2.18. The summed E-state index contributed by atoms with van der Waals surface area (Å²) in [5.41, 5.74) is 1.37. The van der Waals surface area contributed by atoms with Crippen LogP contribution in [0.2, 0.25) is 0 Å². The van der Waals surface area contributed by atoms with Crippen LogP contribution in [-0.4, -0.2) is 18.4 Å². The molecule has 3 heteroatoms. The molecule has 0 heterocycles. The Kier molecular flexibility index (Phi) is 5.23. The number of hydrogen-bond donors (Lipinski definition) is 0. The van der Waals surface area contributed by atoms with E-state index in [2.05, 4.69) is 13.0 Å². The first-order valence-electron chi connectivity index (χ1n) is 5.97. The van der Waals surface area contributed by atoms with Gasteiger partial charge in [-0.15, -0.1) is 0 Å². The third-order valence-corrected chi connectivity index (χ3v) is 2.97. The molecular formula is C13H20O3. The van der Waals surface area contributed by atoms with Crippen LogP contribution in [-0.2, 0) is 14.3 Å². The first-order valence-corrected chi connectivity index (χ1v) is 5.97. The molecule has 0 fully saturated rings. The van der Waals surface area contributed by atoms with Crippen LogP contribution in [0.5, 0.6) is 0 Å². The number of ketones is 1. The Morgan fingerprint density at radius 3 is 2.75 bits per heavy atom. The van der Waals surface area contributed by atoms with Gasteiger partial charge in [0, 0.05) is 12.3 Å². The van der Waals surface area contributed by atoms with Crippen LogP contribution in [0.15, 0.2) is 11.6 Å². The predicted octanol–water partition coefficient (Wildman–Crippen LogP) is 2.65. The molecule has 1 unspecified atom stereocenters. The molecule has 0 aromatic carbocycles. The summed E-state index contributed by atoms with van der Waals surface area (Å²) in [5.74, 6) is 0.0633. The van der Waals surface area contributed by atoms with Gasteiger partial charge < -0.3 is 4.74 Å². The van der Waals surface area contributed by atoms with E-state index in [0.29, 0.717) is 13.0 Å². The van der Waals surface area contributed by atoms with E-state index >= 15 is 0 Å². The van der Waals surface area contributed by atoms with E-state index < -0.39 is 0 Å². The fourth-order valence-corrected chi connectivity index (χ4v) is 1.92. The fourth-order valence-electron chi connectivity index (χ4n) is 1.92. The summed E-state index contributed by atoms with van der Waals surface area (Å²) < 4.78 is 4.79. The van der Waals surface area contributed by atoms with Gasteiger partial charge in [-0.1, -0.05) is 11.6 Å². The molecule has 1 atom stereocenters. The molecule has 0 saturated carbocycles. The molecule has 1 aliphatic rings. The number of esters is 1. The number of carbonyl (C=O) groups is 2. The van der Waals surface area contributed by atoms with E-state index in [-0.39, 0.29) is 24.1 Å². The van der Waals surface area contributed by atoms with E-state index in [9.17, 15) is 9.59 Å². The third-order valence-electron chi connectivity index (χ3n) is 2.97. The number of rotatable bonds is 5. The summed E-state index contributed by atoms with van der Waals surface area (Å²) in [4.78, 5) is 22.9. The van der Waals surface area contributed by atoms with Crippen molar-refractivity contribution in [3.63, 3.8) is 0 Å². The second-order valence-corrected chi connectivity index (χ2v) is 4.29. The molecule has 0 aromatic heterocycles. The molecule has 1 rings (SSSR count). The van der Waals surface area contributed by atoms with Gasteiger partial charge in [0.2, 0.25) is 0 Å². The van der Waals surface area contributed by atoms with E-state index in [1.807, 2.05) is 0 Å². The van der Waals surface area contributed by atoms with E-state index in [4.69, 9.17) is 4.74 Å². The summed E-state index contributed by atoms with van der Waals surface area (Å²) in [6.07, 6.45) is 5.48. The van der Waals surface area contributed by atoms with Gasteiger partial charge >= 0.3 is 5.97 Å². The zero-order valence-electron chi connectivity index (χ0n) is 10.1. The maximum Gasteiger partial charge on any atom is 0.306 e. The maximum absolute atomic E-state index is 11.8. The first kappa shape index (κ1) is 12.9. The van der Waals surface area contributed by atoms with Crippen molar-refractivity contribution in [3.05, 3.63) is 11.6 Å². The Morgan fingerprint density at radius 1 is 1.44 bits per heavy atom. The van der Waals surface area contributed by atoms with Crippen molar-refractivity contribution in [1.29, 1.82) is 0 Å². The predicted molar refractivity (Wildman–Crippen MR) is 62.0 cm³/mol. The van der Waals surface area contributed by atoms with Crippen LogP contribution < -0.4 is 0 Å². The molecular weight excluding hydrogens is 204 g/mol. The molecule has 0 bridgehead atoms. The van der Waals surface area contributed by atoms with Crippen molar-refractivity contribution in [2.45, 2.75) is 46.0 Å². The van der Waals surface area contributed by atoms with Gasteiger partial charge in [0.1, 0.15) is 5.78 Å². The Hall–Kier alpha value is -1.12. The smallest absolute Gasteiger partial charge is 0.306 e. The normalized spacial score (nSPS) is 20.1. The lowest BCUT2D eigenvalue weighted by Crippen LogP contribution is -2.18. The quantitative estimate of drug-likeness (QED) is 0.532. The number of carbonyl (C=O) groups excluding carboxylic acids is 2. The Labute approximate surface area is 96.9 Å². The van der Waals surface area contributed by atoms with Crippen molar-refractivity contribution >= 4 is 11.8 Å². The molecule has 0 aliphatic heterocycles. The molecule has 0 radical (unpaired) electrons. The van der Waals surface area contributed by atoms with Crippen LogP contribution in [0, 0.1) is 5.92 Å². The van der Waals surface area contributed by atoms with Crippen LogP contribution >= 0.6 is 0 Å². The summed E-state index contributed by atoms with van der Waals surface area (Å²) in [6.45, 7) is 4.26. The van der Waals surface area contributed by atoms with Crippen molar-refractivity contribution < 1.29 is 14.3 Å². The molecule has 90 valence electrons. The molecule has 0 amide bonds. The molecule has 0 saturated heterocycles. The standard InChI is InChI=1S/C13H20O3/c1-3-16-13(15)9-8-12(14)11-6-4-10(2)5-7-11/h4,11H,3,5-9H2,1-2H3. The van der Waals surface area contributed by atoms with Crippen LogP contribution in [0.3, 0.4) is 0 Å². The molecule has 1 aliphatic carbocycles. The SMILES string of the molecule is CCOC(=O)CCC(=O)C1CC=C(C)CC1. The Bertz CT molecular complexity index is 292. The molecule has 0 spiro atoms. The van der Waals surface area contributed by atoms with E-state index in [0.717, 1.165) is 19.3 Å². The summed E-state index contributed by atoms with van der Waals surface area (Å²) in [6, 6.07) is 0. The van der Waals surface area contributed by atoms with Gasteiger partial charge in [-0.3, -0.25) is 9.59 Å². The van der Waals surface area contributed by atoms with Crippen molar-refractivity contribution in [2.24, 2.45) is 5.92 Å². The van der Waals surface area contributed by atoms with Crippen LogP contribution in [0.1, 0.15) is 46.0 Å². The van der Waals surface area contributed by atoms with Crippen LogP contribution in [0.4, 0.5) is 0 Å². The van der Waals surface area contributed by atoms with Gasteiger partial charge in [0.05, 0.1) is 13.0 Å². The third kappa shape index (κ3) is 4.17. The Balaban J connectivity index is 2.28. The second-order valence-electron chi connectivity index (χ2n) is 4.29. The summed E-state index contributed by atoms with van der Waals surface area (Å²) >= 11 is 0. The topological polar surface area (TPSA) is 43.4 Å². The zero-order valence-corrected chi connectivity index (χ0v) is 10.1. The van der Waals surface area contributed by atoms with Crippen molar-refractivity contribution in [2.75, 3.05) is 6.61 Å². The van der Waals surface area contributed by atoms with E-state index in [1.165, 1.54) is 5.57 Å². The van der Waals surface area contributed by atoms with Crippen LogP contribution in [0.25, 0.3) is 0 Å². The fraction of sp³-hybridized carbons (Fsp3) is 0.692. The van der Waals surface area contributed by atoms with E-state index in [1.54, 1.807) is 6.92 Å². The highest BCUT2D eigenvalue weighted by Gasteiger charge is 2.20. The summed E-state index contributed by atoms with van der Waals surface area (Å²) in [7, 11) is 0.